The van der Waals surface area contributed by atoms with Crippen LogP contribution in [0.25, 0.3) is 0 Å². The van der Waals surface area contributed by atoms with Gasteiger partial charge in [-0.05, 0) is 48.9 Å². The molecule has 0 amide bonds. The zero-order valence-corrected chi connectivity index (χ0v) is 19.7. The number of aryl methyl sites for hydroxylation is 2. The Morgan fingerprint density at radius 2 is 0.967 bits per heavy atom. The molecule has 0 spiro atoms. The van der Waals surface area contributed by atoms with Gasteiger partial charge in [0, 0.05) is 35.6 Å². The van der Waals surface area contributed by atoms with Crippen molar-refractivity contribution in [2.24, 2.45) is 11.8 Å². The van der Waals surface area contributed by atoms with Gasteiger partial charge < -0.3 is 10.6 Å². The molecular weight excluding hydrogens is 372 g/mol. The van der Waals surface area contributed by atoms with E-state index in [1.165, 1.54) is 0 Å². The minimum atomic E-state index is -0.0646. The Hall–Kier alpha value is -2.62. The number of carbonyl (C=O) groups is 2. The van der Waals surface area contributed by atoms with E-state index in [2.05, 4.69) is 38.3 Å². The van der Waals surface area contributed by atoms with Crippen LogP contribution in [0, 0.1) is 25.7 Å². The molecule has 1 aliphatic carbocycles. The predicted octanol–water partition coefficient (Wildman–Crippen LogP) is 6.24. The molecule has 2 aromatic carbocycles. The number of carbonyl (C=O) groups excluding carboxylic acids is 2. The summed E-state index contributed by atoms with van der Waals surface area (Å²) in [6, 6.07) is 7.69. The van der Waals surface area contributed by atoms with Crippen LogP contribution in [0.5, 0.6) is 0 Å². The van der Waals surface area contributed by atoms with Gasteiger partial charge in [-0.3, -0.25) is 9.59 Å². The molecule has 4 heteroatoms. The highest BCUT2D eigenvalue weighted by molar-refractivity contribution is 6.32. The van der Waals surface area contributed by atoms with E-state index in [1.54, 1.807) is 0 Å². The standard InChI is InChI=1S/C24H30N2O2.C2H6/c1-13(2)11-25-17-9-7-15(5)19-21(17)23(27)20-16(6)8-10-18(22(20)24(19)28)26-12-14(3)4;1-2/h7-10,13-14,25-26H,11-12H2,1-6H3;1-2H3. The minimum Gasteiger partial charge on any atom is -0.384 e. The normalized spacial score (nSPS) is 12.3. The molecule has 2 aromatic rings. The van der Waals surface area contributed by atoms with Crippen molar-refractivity contribution in [3.05, 3.63) is 57.6 Å². The topological polar surface area (TPSA) is 58.2 Å². The van der Waals surface area contributed by atoms with E-state index in [0.29, 0.717) is 34.1 Å². The molecule has 30 heavy (non-hydrogen) atoms. The maximum atomic E-state index is 13.6. The molecule has 0 bridgehead atoms. The Balaban J connectivity index is 0.00000155. The van der Waals surface area contributed by atoms with Crippen molar-refractivity contribution in [1.82, 2.24) is 0 Å². The van der Waals surface area contributed by atoms with Crippen molar-refractivity contribution in [2.75, 3.05) is 23.7 Å². The molecule has 0 fully saturated rings. The second-order valence-corrected chi connectivity index (χ2v) is 8.57. The Labute approximate surface area is 181 Å². The van der Waals surface area contributed by atoms with Gasteiger partial charge in [-0.1, -0.05) is 53.7 Å². The summed E-state index contributed by atoms with van der Waals surface area (Å²) in [7, 11) is 0. The molecule has 4 nitrogen and oxygen atoms in total. The van der Waals surface area contributed by atoms with Gasteiger partial charge in [0.05, 0.1) is 11.1 Å². The van der Waals surface area contributed by atoms with E-state index in [9.17, 15) is 9.59 Å². The van der Waals surface area contributed by atoms with Gasteiger partial charge in [0.15, 0.2) is 11.6 Å². The molecule has 162 valence electrons. The first-order valence-corrected chi connectivity index (χ1v) is 11.1. The number of hydrogen-bond donors (Lipinski definition) is 2. The average molecular weight is 409 g/mol. The Morgan fingerprint density at radius 1 is 0.633 bits per heavy atom. The van der Waals surface area contributed by atoms with Crippen molar-refractivity contribution in [3.63, 3.8) is 0 Å². The van der Waals surface area contributed by atoms with Gasteiger partial charge in [0.25, 0.3) is 0 Å². The average Bonchev–Trinajstić information content (AvgIpc) is 2.71. The quantitative estimate of drug-likeness (QED) is 0.507. The summed E-state index contributed by atoms with van der Waals surface area (Å²) in [5, 5.41) is 6.73. The molecular formula is C26H36N2O2. The summed E-state index contributed by atoms with van der Waals surface area (Å²) in [5.41, 5.74) is 5.27. The Bertz CT molecular complexity index is 865. The number of fused-ring (bicyclic) bond motifs is 2. The summed E-state index contributed by atoms with van der Waals surface area (Å²) in [4.78, 5) is 27.1. The predicted molar refractivity (Wildman–Crippen MR) is 127 cm³/mol. The number of benzene rings is 2. The minimum absolute atomic E-state index is 0.0646. The molecule has 0 unspecified atom stereocenters. The number of ketones is 2. The summed E-state index contributed by atoms with van der Waals surface area (Å²) in [6.07, 6.45) is 0. The number of rotatable bonds is 6. The van der Waals surface area contributed by atoms with Crippen molar-refractivity contribution in [1.29, 1.82) is 0 Å². The second kappa shape index (κ2) is 9.92. The zero-order chi connectivity index (χ0) is 22.6. The maximum Gasteiger partial charge on any atom is 0.196 e. The lowest BCUT2D eigenvalue weighted by Gasteiger charge is -2.26. The second-order valence-electron chi connectivity index (χ2n) is 8.57. The molecule has 3 rings (SSSR count). The third kappa shape index (κ3) is 4.58. The highest BCUT2D eigenvalue weighted by Crippen LogP contribution is 2.38. The fourth-order valence-electron chi connectivity index (χ4n) is 3.64. The van der Waals surface area contributed by atoms with E-state index in [4.69, 9.17) is 0 Å². The Morgan fingerprint density at radius 3 is 1.27 bits per heavy atom. The smallest absolute Gasteiger partial charge is 0.196 e. The van der Waals surface area contributed by atoms with Gasteiger partial charge in [-0.2, -0.15) is 0 Å². The van der Waals surface area contributed by atoms with E-state index >= 15 is 0 Å². The molecule has 0 aliphatic heterocycles. The first-order valence-electron chi connectivity index (χ1n) is 11.1. The maximum absolute atomic E-state index is 13.6. The summed E-state index contributed by atoms with van der Waals surface area (Å²) in [6.45, 7) is 17.8. The molecule has 0 heterocycles. The number of nitrogens with one attached hydrogen (secondary N) is 2. The van der Waals surface area contributed by atoms with Gasteiger partial charge in [0.2, 0.25) is 0 Å². The van der Waals surface area contributed by atoms with Crippen molar-refractivity contribution in [2.45, 2.75) is 55.4 Å². The number of anilines is 2. The molecule has 0 saturated carbocycles. The van der Waals surface area contributed by atoms with E-state index < -0.39 is 0 Å². The van der Waals surface area contributed by atoms with Crippen LogP contribution in [0.1, 0.15) is 84.5 Å². The van der Waals surface area contributed by atoms with Crippen LogP contribution in [-0.2, 0) is 0 Å². The van der Waals surface area contributed by atoms with Crippen LogP contribution in [0.4, 0.5) is 11.4 Å². The lowest BCUT2D eigenvalue weighted by molar-refractivity contribution is 0.0979. The number of hydrogen-bond acceptors (Lipinski definition) is 4. The molecule has 0 radical (unpaired) electrons. The summed E-state index contributed by atoms with van der Waals surface area (Å²) < 4.78 is 0. The third-order valence-electron chi connectivity index (χ3n) is 5.14. The van der Waals surface area contributed by atoms with Crippen molar-refractivity contribution >= 4 is 22.9 Å². The van der Waals surface area contributed by atoms with Crippen LogP contribution >= 0.6 is 0 Å². The van der Waals surface area contributed by atoms with Crippen LogP contribution in [0.15, 0.2) is 24.3 Å². The largest absolute Gasteiger partial charge is 0.384 e. The lowest BCUT2D eigenvalue weighted by Crippen LogP contribution is -2.27. The van der Waals surface area contributed by atoms with Crippen LogP contribution in [0.2, 0.25) is 0 Å². The summed E-state index contributed by atoms with van der Waals surface area (Å²) >= 11 is 0. The highest BCUT2D eigenvalue weighted by Gasteiger charge is 2.36. The molecule has 2 N–H and O–H groups in total. The third-order valence-corrected chi connectivity index (χ3v) is 5.14. The molecule has 1 aliphatic rings. The van der Waals surface area contributed by atoms with E-state index in [-0.39, 0.29) is 11.6 Å². The molecule has 0 aromatic heterocycles. The SMILES string of the molecule is CC.Cc1ccc(NCC(C)C)c2c1C(=O)c1c(NCC(C)C)ccc(C)c1C2=O. The van der Waals surface area contributed by atoms with Crippen molar-refractivity contribution in [3.8, 4) is 0 Å². The zero-order valence-electron chi connectivity index (χ0n) is 19.7. The first-order chi connectivity index (χ1) is 14.2. The van der Waals surface area contributed by atoms with Crippen LogP contribution in [-0.4, -0.2) is 24.7 Å². The van der Waals surface area contributed by atoms with E-state index in [0.717, 1.165) is 35.6 Å². The fourth-order valence-corrected chi connectivity index (χ4v) is 3.64. The van der Waals surface area contributed by atoms with Gasteiger partial charge in [-0.25, -0.2) is 0 Å². The fraction of sp³-hybridized carbons (Fsp3) is 0.462. The molecule has 0 saturated heterocycles. The molecule has 0 atom stereocenters. The van der Waals surface area contributed by atoms with Gasteiger partial charge in [0.1, 0.15) is 0 Å². The first kappa shape index (κ1) is 23.7. The highest BCUT2D eigenvalue weighted by atomic mass is 16.1. The van der Waals surface area contributed by atoms with Crippen LogP contribution in [0.3, 0.4) is 0 Å². The van der Waals surface area contributed by atoms with Crippen molar-refractivity contribution < 1.29 is 9.59 Å². The van der Waals surface area contributed by atoms with Gasteiger partial charge in [-0.15, -0.1) is 0 Å². The van der Waals surface area contributed by atoms with Crippen LogP contribution < -0.4 is 10.6 Å². The van der Waals surface area contributed by atoms with Gasteiger partial charge >= 0.3 is 0 Å². The lowest BCUT2D eigenvalue weighted by atomic mass is 9.78. The summed E-state index contributed by atoms with van der Waals surface area (Å²) in [5.74, 6) is 0.745. The Kier molecular flexibility index (Phi) is 7.83. The van der Waals surface area contributed by atoms with E-state index in [1.807, 2.05) is 52.0 Å². The monoisotopic (exact) mass is 408 g/mol.